The SMILES string of the molecule is CCn1nnnc1-c1cccc(NC(=O)C2C3C=CC(C3)C2C(=O)O)c1. The van der Waals surface area contributed by atoms with Gasteiger partial charge in [0.05, 0.1) is 11.8 Å². The van der Waals surface area contributed by atoms with Gasteiger partial charge in [-0.15, -0.1) is 5.10 Å². The largest absolute Gasteiger partial charge is 0.481 e. The number of carbonyl (C=O) groups excluding carboxylic acids is 1. The predicted octanol–water partition coefficient (Wildman–Crippen LogP) is 1.82. The molecule has 2 aliphatic rings. The molecular formula is C18H19N5O3. The van der Waals surface area contributed by atoms with Crippen molar-refractivity contribution in [1.29, 1.82) is 0 Å². The van der Waals surface area contributed by atoms with Crippen LogP contribution >= 0.6 is 0 Å². The first-order valence-corrected chi connectivity index (χ1v) is 8.67. The second-order valence-corrected chi connectivity index (χ2v) is 6.73. The molecule has 2 aliphatic carbocycles. The van der Waals surface area contributed by atoms with Crippen LogP contribution in [0.15, 0.2) is 36.4 Å². The lowest BCUT2D eigenvalue weighted by Gasteiger charge is -2.23. The van der Waals surface area contributed by atoms with E-state index in [0.29, 0.717) is 18.1 Å². The van der Waals surface area contributed by atoms with Gasteiger partial charge in [0.15, 0.2) is 5.82 Å². The van der Waals surface area contributed by atoms with Crippen molar-refractivity contribution in [2.45, 2.75) is 19.9 Å². The Morgan fingerprint density at radius 1 is 1.27 bits per heavy atom. The van der Waals surface area contributed by atoms with E-state index in [2.05, 4.69) is 20.8 Å². The lowest BCUT2D eigenvalue weighted by atomic mass is 9.82. The summed E-state index contributed by atoms with van der Waals surface area (Å²) in [5, 5.41) is 24.0. The van der Waals surface area contributed by atoms with E-state index in [-0.39, 0.29) is 17.7 Å². The van der Waals surface area contributed by atoms with E-state index < -0.39 is 17.8 Å². The number of fused-ring (bicyclic) bond motifs is 2. The molecule has 8 heteroatoms. The van der Waals surface area contributed by atoms with Crippen molar-refractivity contribution in [1.82, 2.24) is 20.2 Å². The molecule has 1 heterocycles. The highest BCUT2D eigenvalue weighted by Crippen LogP contribution is 2.48. The summed E-state index contributed by atoms with van der Waals surface area (Å²) >= 11 is 0. The second kappa shape index (κ2) is 6.36. The monoisotopic (exact) mass is 353 g/mol. The van der Waals surface area contributed by atoms with Crippen molar-refractivity contribution in [3.63, 3.8) is 0 Å². The van der Waals surface area contributed by atoms with E-state index >= 15 is 0 Å². The summed E-state index contributed by atoms with van der Waals surface area (Å²) in [7, 11) is 0. The average molecular weight is 353 g/mol. The fourth-order valence-corrected chi connectivity index (χ4v) is 4.10. The zero-order chi connectivity index (χ0) is 18.3. The summed E-state index contributed by atoms with van der Waals surface area (Å²) in [6.07, 6.45) is 4.64. The standard InChI is InChI=1S/C18H19N5O3/c1-2-23-16(20-21-22-23)12-4-3-5-13(9-12)19-17(24)14-10-6-7-11(8-10)15(14)18(25)26/h3-7,9-11,14-15H,2,8H2,1H3,(H,19,24)(H,25,26). The number of carboxylic acid groups (broad SMARTS) is 1. The maximum atomic E-state index is 12.8. The highest BCUT2D eigenvalue weighted by Gasteiger charge is 2.51. The Morgan fingerprint density at radius 3 is 2.77 bits per heavy atom. The molecule has 2 bridgehead atoms. The van der Waals surface area contributed by atoms with Crippen LogP contribution in [-0.4, -0.2) is 37.2 Å². The number of aromatic nitrogens is 4. The quantitative estimate of drug-likeness (QED) is 0.794. The van der Waals surface area contributed by atoms with Crippen LogP contribution < -0.4 is 5.32 Å². The molecule has 26 heavy (non-hydrogen) atoms. The summed E-state index contributed by atoms with van der Waals surface area (Å²) in [5.74, 6) is -1.77. The third-order valence-electron chi connectivity index (χ3n) is 5.27. The van der Waals surface area contributed by atoms with Gasteiger partial charge in [0.1, 0.15) is 0 Å². The summed E-state index contributed by atoms with van der Waals surface area (Å²) in [6, 6.07) is 7.26. The number of hydrogen-bond donors (Lipinski definition) is 2. The number of aliphatic carboxylic acids is 1. The molecule has 0 spiro atoms. The molecule has 1 saturated carbocycles. The number of aryl methyl sites for hydroxylation is 1. The lowest BCUT2D eigenvalue weighted by Crippen LogP contribution is -2.36. The van der Waals surface area contributed by atoms with E-state index in [4.69, 9.17) is 0 Å². The Bertz CT molecular complexity index is 890. The third-order valence-corrected chi connectivity index (χ3v) is 5.27. The molecule has 1 aromatic carbocycles. The molecular weight excluding hydrogens is 334 g/mol. The fraction of sp³-hybridized carbons (Fsp3) is 0.389. The van der Waals surface area contributed by atoms with Crippen LogP contribution in [0.25, 0.3) is 11.4 Å². The van der Waals surface area contributed by atoms with Crippen molar-refractivity contribution >= 4 is 17.6 Å². The van der Waals surface area contributed by atoms with Gasteiger partial charge in [-0.3, -0.25) is 9.59 Å². The minimum absolute atomic E-state index is 0.00308. The number of nitrogens with one attached hydrogen (secondary N) is 1. The second-order valence-electron chi connectivity index (χ2n) is 6.73. The molecule has 1 aromatic heterocycles. The molecule has 4 rings (SSSR count). The van der Waals surface area contributed by atoms with Gasteiger partial charge in [-0.25, -0.2) is 4.68 Å². The van der Waals surface area contributed by atoms with Gasteiger partial charge in [-0.1, -0.05) is 24.3 Å². The maximum absolute atomic E-state index is 12.8. The fourth-order valence-electron chi connectivity index (χ4n) is 4.10. The van der Waals surface area contributed by atoms with Crippen molar-refractivity contribution < 1.29 is 14.7 Å². The maximum Gasteiger partial charge on any atom is 0.307 e. The first-order valence-electron chi connectivity index (χ1n) is 8.67. The smallest absolute Gasteiger partial charge is 0.307 e. The lowest BCUT2D eigenvalue weighted by molar-refractivity contribution is -0.146. The normalized spacial score (nSPS) is 26.2. The Labute approximate surface area is 149 Å². The number of rotatable bonds is 5. The molecule has 0 radical (unpaired) electrons. The molecule has 1 fully saturated rings. The van der Waals surface area contributed by atoms with Crippen LogP contribution in [0.3, 0.4) is 0 Å². The first kappa shape index (κ1) is 16.4. The van der Waals surface area contributed by atoms with Crippen molar-refractivity contribution in [2.24, 2.45) is 23.7 Å². The topological polar surface area (TPSA) is 110 Å². The molecule has 0 aliphatic heterocycles. The number of allylic oxidation sites excluding steroid dienone is 2. The minimum Gasteiger partial charge on any atom is -0.481 e. The Hall–Kier alpha value is -3.03. The van der Waals surface area contributed by atoms with Gasteiger partial charge in [0.25, 0.3) is 0 Å². The predicted molar refractivity (Wildman–Crippen MR) is 92.9 cm³/mol. The summed E-state index contributed by atoms with van der Waals surface area (Å²) in [4.78, 5) is 24.4. The van der Waals surface area contributed by atoms with Gasteiger partial charge >= 0.3 is 5.97 Å². The molecule has 4 unspecified atom stereocenters. The molecule has 1 amide bonds. The van der Waals surface area contributed by atoms with Crippen LogP contribution in [0.4, 0.5) is 5.69 Å². The van der Waals surface area contributed by atoms with Crippen LogP contribution in [0.1, 0.15) is 13.3 Å². The summed E-state index contributed by atoms with van der Waals surface area (Å²) < 4.78 is 1.67. The Kier molecular flexibility index (Phi) is 4.02. The zero-order valence-corrected chi connectivity index (χ0v) is 14.2. The van der Waals surface area contributed by atoms with Crippen molar-refractivity contribution in [2.75, 3.05) is 5.32 Å². The van der Waals surface area contributed by atoms with Crippen LogP contribution in [0.2, 0.25) is 0 Å². The average Bonchev–Trinajstić information content (AvgIpc) is 3.36. The Balaban J connectivity index is 1.56. The summed E-state index contributed by atoms with van der Waals surface area (Å²) in [5.41, 5.74) is 1.39. The number of nitrogens with zero attached hydrogens (tertiary/aromatic N) is 4. The van der Waals surface area contributed by atoms with E-state index in [0.717, 1.165) is 12.0 Å². The number of amides is 1. The van der Waals surface area contributed by atoms with Gasteiger partial charge in [-0.05, 0) is 47.7 Å². The minimum atomic E-state index is -0.905. The van der Waals surface area contributed by atoms with Gasteiger partial charge in [-0.2, -0.15) is 0 Å². The first-order chi connectivity index (χ1) is 12.6. The van der Waals surface area contributed by atoms with Crippen LogP contribution in [0.5, 0.6) is 0 Å². The van der Waals surface area contributed by atoms with E-state index in [9.17, 15) is 14.7 Å². The van der Waals surface area contributed by atoms with Gasteiger partial charge < -0.3 is 10.4 Å². The van der Waals surface area contributed by atoms with E-state index in [1.807, 2.05) is 31.2 Å². The van der Waals surface area contributed by atoms with Gasteiger partial charge in [0.2, 0.25) is 5.91 Å². The van der Waals surface area contributed by atoms with E-state index in [1.165, 1.54) is 0 Å². The van der Waals surface area contributed by atoms with Crippen LogP contribution in [0, 0.1) is 23.7 Å². The molecule has 0 saturated heterocycles. The highest BCUT2D eigenvalue weighted by molar-refractivity contribution is 5.96. The third kappa shape index (κ3) is 2.67. The summed E-state index contributed by atoms with van der Waals surface area (Å²) in [6.45, 7) is 2.58. The van der Waals surface area contributed by atoms with Gasteiger partial charge in [0, 0.05) is 17.8 Å². The zero-order valence-electron chi connectivity index (χ0n) is 14.2. The molecule has 2 aromatic rings. The molecule has 4 atom stereocenters. The van der Waals surface area contributed by atoms with Crippen molar-refractivity contribution in [3.05, 3.63) is 36.4 Å². The number of anilines is 1. The van der Waals surface area contributed by atoms with Crippen LogP contribution in [-0.2, 0) is 16.1 Å². The number of benzene rings is 1. The number of carbonyl (C=O) groups is 2. The molecule has 2 N–H and O–H groups in total. The molecule has 8 nitrogen and oxygen atoms in total. The number of tetrazole rings is 1. The Morgan fingerprint density at radius 2 is 2.04 bits per heavy atom. The molecule has 134 valence electrons. The van der Waals surface area contributed by atoms with Crippen molar-refractivity contribution in [3.8, 4) is 11.4 Å². The highest BCUT2D eigenvalue weighted by atomic mass is 16.4. The number of carboxylic acids is 1. The number of hydrogen-bond acceptors (Lipinski definition) is 5. The van der Waals surface area contributed by atoms with E-state index in [1.54, 1.807) is 16.8 Å².